The Kier molecular flexibility index (Phi) is 5.70. The first-order valence-electron chi connectivity index (χ1n) is 17.6. The fourth-order valence-electron chi connectivity index (χ4n) is 8.75. The van der Waals surface area contributed by atoms with Crippen LogP contribution in [-0.4, -0.2) is 19.1 Å². The fraction of sp³-hybridized carbons (Fsp3) is 0.0638. The van der Waals surface area contributed by atoms with Gasteiger partial charge in [0.15, 0.2) is 0 Å². The standard InChI is InChI=1S/C47H32N4/c1-47(2)35-22-12-14-24-40(35)51-44-34(42-32-20-10-9-19-31(32)27-36(47)45(42)51)25-26-41-43(44)33-21-11-13-23-39(33)50(41)46-48-37(29-15-5-3-6-16-29)28-38(49-46)30-17-7-4-8-18-30/h3-28H,1-2H3. The number of fused-ring (bicyclic) bond motifs is 11. The van der Waals surface area contributed by atoms with Gasteiger partial charge in [-0.3, -0.25) is 4.57 Å². The molecule has 1 aliphatic heterocycles. The molecule has 4 heterocycles. The van der Waals surface area contributed by atoms with Gasteiger partial charge in [-0.1, -0.05) is 141 Å². The van der Waals surface area contributed by atoms with Gasteiger partial charge in [0, 0.05) is 38.1 Å². The summed E-state index contributed by atoms with van der Waals surface area (Å²) in [6, 6.07) is 56.6. The number of nitrogens with zero attached hydrogens (tertiary/aromatic N) is 4. The van der Waals surface area contributed by atoms with Crippen molar-refractivity contribution in [1.29, 1.82) is 0 Å². The molecule has 0 saturated carbocycles. The van der Waals surface area contributed by atoms with Crippen molar-refractivity contribution in [3.63, 3.8) is 0 Å². The van der Waals surface area contributed by atoms with E-state index in [1.54, 1.807) is 0 Å². The molecule has 0 saturated heterocycles. The lowest BCUT2D eigenvalue weighted by Gasteiger charge is -2.35. The van der Waals surface area contributed by atoms with E-state index in [-0.39, 0.29) is 5.41 Å². The van der Waals surface area contributed by atoms with Crippen LogP contribution in [0.2, 0.25) is 0 Å². The molecule has 0 bridgehead atoms. The van der Waals surface area contributed by atoms with Crippen molar-refractivity contribution in [2.24, 2.45) is 0 Å². The first-order valence-corrected chi connectivity index (χ1v) is 17.6. The van der Waals surface area contributed by atoms with Crippen molar-refractivity contribution < 1.29 is 0 Å². The van der Waals surface area contributed by atoms with Gasteiger partial charge in [0.1, 0.15) is 0 Å². The molecule has 7 aromatic carbocycles. The molecular formula is C47H32N4. The van der Waals surface area contributed by atoms with E-state index in [1.807, 2.05) is 12.1 Å². The lowest BCUT2D eigenvalue weighted by Crippen LogP contribution is -2.26. The molecule has 0 N–H and O–H groups in total. The Morgan fingerprint density at radius 3 is 1.82 bits per heavy atom. The Morgan fingerprint density at radius 1 is 0.451 bits per heavy atom. The van der Waals surface area contributed by atoms with Crippen LogP contribution in [0.5, 0.6) is 0 Å². The first kappa shape index (κ1) is 28.3. The summed E-state index contributed by atoms with van der Waals surface area (Å²) in [6.45, 7) is 4.75. The van der Waals surface area contributed by atoms with Crippen LogP contribution in [0, 0.1) is 0 Å². The summed E-state index contributed by atoms with van der Waals surface area (Å²) < 4.78 is 4.83. The Morgan fingerprint density at radius 2 is 1.08 bits per heavy atom. The average Bonchev–Trinajstić information content (AvgIpc) is 3.71. The number of hydrogen-bond donors (Lipinski definition) is 0. The monoisotopic (exact) mass is 652 g/mol. The minimum absolute atomic E-state index is 0.171. The van der Waals surface area contributed by atoms with Gasteiger partial charge in [0.05, 0.1) is 39.1 Å². The molecule has 10 aromatic rings. The summed E-state index contributed by atoms with van der Waals surface area (Å²) in [7, 11) is 0. The number of benzene rings is 7. The van der Waals surface area contributed by atoms with Crippen LogP contribution in [0.1, 0.15) is 25.0 Å². The molecular weight excluding hydrogens is 621 g/mol. The first-order chi connectivity index (χ1) is 25.1. The van der Waals surface area contributed by atoms with Gasteiger partial charge >= 0.3 is 0 Å². The minimum atomic E-state index is -0.171. The van der Waals surface area contributed by atoms with Crippen molar-refractivity contribution in [3.8, 4) is 34.2 Å². The van der Waals surface area contributed by atoms with Gasteiger partial charge in [-0.2, -0.15) is 0 Å². The molecule has 0 radical (unpaired) electrons. The third-order valence-electron chi connectivity index (χ3n) is 11.1. The normalized spacial score (nSPS) is 13.5. The number of hydrogen-bond acceptors (Lipinski definition) is 2. The Hall–Kier alpha value is -6.52. The predicted molar refractivity (Wildman–Crippen MR) is 211 cm³/mol. The smallest absolute Gasteiger partial charge is 0.235 e. The van der Waals surface area contributed by atoms with Crippen molar-refractivity contribution in [2.75, 3.05) is 0 Å². The van der Waals surface area contributed by atoms with E-state index in [0.717, 1.165) is 33.5 Å². The van der Waals surface area contributed by atoms with Gasteiger partial charge in [-0.25, -0.2) is 9.97 Å². The Labute approximate surface area is 294 Å². The quantitative estimate of drug-likeness (QED) is 0.190. The molecule has 4 nitrogen and oxygen atoms in total. The maximum Gasteiger partial charge on any atom is 0.235 e. The summed E-state index contributed by atoms with van der Waals surface area (Å²) in [5.41, 5.74) is 12.3. The summed E-state index contributed by atoms with van der Waals surface area (Å²) in [5.74, 6) is 0.656. The number of para-hydroxylation sites is 2. The van der Waals surface area contributed by atoms with Gasteiger partial charge in [-0.05, 0) is 52.2 Å². The second kappa shape index (κ2) is 10.3. The van der Waals surface area contributed by atoms with Crippen LogP contribution in [0.25, 0.3) is 88.5 Å². The molecule has 3 aromatic heterocycles. The molecule has 0 fully saturated rings. The highest BCUT2D eigenvalue weighted by molar-refractivity contribution is 6.31. The van der Waals surface area contributed by atoms with Gasteiger partial charge < -0.3 is 4.57 Å². The second-order valence-electron chi connectivity index (χ2n) is 14.2. The molecule has 0 amide bonds. The molecule has 11 rings (SSSR count). The van der Waals surface area contributed by atoms with Crippen LogP contribution in [0.3, 0.4) is 0 Å². The van der Waals surface area contributed by atoms with Crippen molar-refractivity contribution in [2.45, 2.75) is 19.3 Å². The van der Waals surface area contributed by atoms with Crippen LogP contribution >= 0.6 is 0 Å². The zero-order chi connectivity index (χ0) is 33.8. The van der Waals surface area contributed by atoms with Crippen molar-refractivity contribution in [1.82, 2.24) is 19.1 Å². The second-order valence-corrected chi connectivity index (χ2v) is 14.2. The Balaban J connectivity index is 1.33. The van der Waals surface area contributed by atoms with E-state index < -0.39 is 0 Å². The summed E-state index contributed by atoms with van der Waals surface area (Å²) in [5, 5.41) is 7.51. The van der Waals surface area contributed by atoms with Crippen molar-refractivity contribution >= 4 is 54.4 Å². The summed E-state index contributed by atoms with van der Waals surface area (Å²) >= 11 is 0. The van der Waals surface area contributed by atoms with E-state index in [4.69, 9.17) is 9.97 Å². The molecule has 240 valence electrons. The molecule has 51 heavy (non-hydrogen) atoms. The van der Waals surface area contributed by atoms with Crippen LogP contribution in [-0.2, 0) is 5.41 Å². The summed E-state index contributed by atoms with van der Waals surface area (Å²) in [6.07, 6.45) is 0. The van der Waals surface area contributed by atoms with E-state index in [0.29, 0.717) is 5.95 Å². The van der Waals surface area contributed by atoms with Crippen LogP contribution in [0.15, 0.2) is 158 Å². The van der Waals surface area contributed by atoms with Crippen LogP contribution in [0.4, 0.5) is 0 Å². The largest absolute Gasteiger partial charge is 0.308 e. The maximum absolute atomic E-state index is 5.30. The number of aromatic nitrogens is 4. The zero-order valence-corrected chi connectivity index (χ0v) is 28.3. The van der Waals surface area contributed by atoms with E-state index >= 15 is 0 Å². The maximum atomic E-state index is 5.30. The van der Waals surface area contributed by atoms with Gasteiger partial charge in [0.25, 0.3) is 0 Å². The van der Waals surface area contributed by atoms with E-state index in [2.05, 4.69) is 169 Å². The van der Waals surface area contributed by atoms with E-state index in [9.17, 15) is 0 Å². The highest BCUT2D eigenvalue weighted by Crippen LogP contribution is 2.51. The summed E-state index contributed by atoms with van der Waals surface area (Å²) in [4.78, 5) is 10.6. The Bertz CT molecular complexity index is 2980. The highest BCUT2D eigenvalue weighted by atomic mass is 15.2. The molecule has 0 unspecified atom stereocenters. The third kappa shape index (κ3) is 3.85. The predicted octanol–water partition coefficient (Wildman–Crippen LogP) is 11.8. The average molecular weight is 653 g/mol. The lowest BCUT2D eigenvalue weighted by atomic mass is 9.74. The topological polar surface area (TPSA) is 35.6 Å². The minimum Gasteiger partial charge on any atom is -0.308 e. The van der Waals surface area contributed by atoms with Gasteiger partial charge in [0.2, 0.25) is 5.95 Å². The third-order valence-corrected chi connectivity index (χ3v) is 11.1. The van der Waals surface area contributed by atoms with Crippen LogP contribution < -0.4 is 0 Å². The SMILES string of the molecule is CC1(C)c2ccccc2-n2c3c1cc1ccccc1c3c1ccc3c(c4ccccc4n3-c3nc(-c4ccccc4)cc(-c4ccccc4)n3)c12. The molecule has 0 spiro atoms. The lowest BCUT2D eigenvalue weighted by molar-refractivity contribution is 0.631. The van der Waals surface area contributed by atoms with Gasteiger partial charge in [-0.15, -0.1) is 0 Å². The fourth-order valence-corrected chi connectivity index (χ4v) is 8.75. The molecule has 0 aliphatic carbocycles. The van der Waals surface area contributed by atoms with E-state index in [1.165, 1.54) is 60.2 Å². The van der Waals surface area contributed by atoms with Crippen molar-refractivity contribution in [3.05, 3.63) is 169 Å². The molecule has 1 aliphatic rings. The number of rotatable bonds is 3. The molecule has 4 heteroatoms. The zero-order valence-electron chi connectivity index (χ0n) is 28.3. The highest BCUT2D eigenvalue weighted by Gasteiger charge is 2.36. The molecule has 0 atom stereocenters.